The molecule has 1 unspecified atom stereocenters. The summed E-state index contributed by atoms with van der Waals surface area (Å²) in [6.45, 7) is 8.67. The van der Waals surface area contributed by atoms with Crippen molar-refractivity contribution in [3.05, 3.63) is 35.4 Å². The van der Waals surface area contributed by atoms with Gasteiger partial charge in [-0.05, 0) is 30.9 Å². The lowest BCUT2D eigenvalue weighted by atomic mass is 10.1. The third-order valence-corrected chi connectivity index (χ3v) is 4.41. The SMILES string of the molecule is CCC(CSC)N(C)Cc1ccccc1CNC(C)C. The Kier molecular flexibility index (Phi) is 8.27. The van der Waals surface area contributed by atoms with E-state index >= 15 is 0 Å². The fourth-order valence-corrected chi connectivity index (χ4v) is 3.22. The molecular weight excluding hydrogens is 264 g/mol. The van der Waals surface area contributed by atoms with E-state index in [-0.39, 0.29) is 0 Å². The van der Waals surface area contributed by atoms with Gasteiger partial charge in [0.25, 0.3) is 0 Å². The van der Waals surface area contributed by atoms with E-state index in [0.717, 1.165) is 13.1 Å². The lowest BCUT2D eigenvalue weighted by Crippen LogP contribution is -2.33. The Labute approximate surface area is 129 Å². The molecule has 0 aliphatic heterocycles. The summed E-state index contributed by atoms with van der Waals surface area (Å²) in [6, 6.07) is 9.99. The Balaban J connectivity index is 2.70. The first kappa shape index (κ1) is 17.5. The van der Waals surface area contributed by atoms with Gasteiger partial charge in [-0.25, -0.2) is 0 Å². The van der Waals surface area contributed by atoms with E-state index in [0.29, 0.717) is 12.1 Å². The molecule has 2 nitrogen and oxygen atoms in total. The van der Waals surface area contributed by atoms with Gasteiger partial charge in [-0.15, -0.1) is 0 Å². The van der Waals surface area contributed by atoms with Gasteiger partial charge < -0.3 is 5.32 Å². The van der Waals surface area contributed by atoms with Crippen LogP contribution >= 0.6 is 11.8 Å². The predicted octanol–water partition coefficient (Wildman–Crippen LogP) is 3.76. The number of benzene rings is 1. The summed E-state index contributed by atoms with van der Waals surface area (Å²) in [5, 5.41) is 3.52. The van der Waals surface area contributed by atoms with Crippen LogP contribution in [0.5, 0.6) is 0 Å². The molecule has 0 saturated carbocycles. The van der Waals surface area contributed by atoms with Crippen LogP contribution < -0.4 is 5.32 Å². The van der Waals surface area contributed by atoms with Gasteiger partial charge in [0.15, 0.2) is 0 Å². The second kappa shape index (κ2) is 9.43. The second-order valence-electron chi connectivity index (χ2n) is 5.74. The van der Waals surface area contributed by atoms with Crippen LogP contribution in [0.3, 0.4) is 0 Å². The number of nitrogens with one attached hydrogen (secondary N) is 1. The minimum Gasteiger partial charge on any atom is -0.310 e. The molecule has 1 aromatic carbocycles. The summed E-state index contributed by atoms with van der Waals surface area (Å²) in [4.78, 5) is 2.49. The van der Waals surface area contributed by atoms with Gasteiger partial charge in [-0.2, -0.15) is 11.8 Å². The van der Waals surface area contributed by atoms with E-state index in [1.807, 2.05) is 11.8 Å². The van der Waals surface area contributed by atoms with Crippen molar-refractivity contribution in [3.63, 3.8) is 0 Å². The maximum atomic E-state index is 3.52. The molecule has 114 valence electrons. The van der Waals surface area contributed by atoms with Gasteiger partial charge in [-0.3, -0.25) is 4.90 Å². The molecule has 0 fully saturated rings. The molecule has 0 aromatic heterocycles. The Hall–Kier alpha value is -0.510. The first-order valence-corrected chi connectivity index (χ1v) is 8.97. The molecule has 0 aliphatic rings. The molecule has 0 amide bonds. The Morgan fingerprint density at radius 1 is 1.20 bits per heavy atom. The average Bonchev–Trinajstić information content (AvgIpc) is 2.43. The maximum Gasteiger partial charge on any atom is 0.0237 e. The summed E-state index contributed by atoms with van der Waals surface area (Å²) in [6.07, 6.45) is 3.40. The zero-order valence-corrected chi connectivity index (χ0v) is 14.5. The lowest BCUT2D eigenvalue weighted by molar-refractivity contribution is 0.247. The molecular formula is C17H30N2S. The van der Waals surface area contributed by atoms with Crippen molar-refractivity contribution in [2.75, 3.05) is 19.1 Å². The van der Waals surface area contributed by atoms with Crippen LogP contribution in [0.4, 0.5) is 0 Å². The predicted molar refractivity (Wildman–Crippen MR) is 92.3 cm³/mol. The normalized spacial score (nSPS) is 13.2. The van der Waals surface area contributed by atoms with Crippen molar-refractivity contribution in [1.82, 2.24) is 10.2 Å². The van der Waals surface area contributed by atoms with Gasteiger partial charge in [0, 0.05) is 30.9 Å². The van der Waals surface area contributed by atoms with Crippen molar-refractivity contribution in [3.8, 4) is 0 Å². The molecule has 0 heterocycles. The standard InChI is InChI=1S/C17H30N2S/c1-6-17(13-20-5)19(4)12-16-10-8-7-9-15(16)11-18-14(2)3/h7-10,14,17-18H,6,11-13H2,1-5H3. The number of hydrogen-bond acceptors (Lipinski definition) is 3. The zero-order chi connectivity index (χ0) is 15.0. The van der Waals surface area contributed by atoms with Gasteiger partial charge in [0.2, 0.25) is 0 Å². The van der Waals surface area contributed by atoms with E-state index in [9.17, 15) is 0 Å². The molecule has 0 saturated heterocycles. The highest BCUT2D eigenvalue weighted by Crippen LogP contribution is 2.15. The summed E-state index contributed by atoms with van der Waals surface area (Å²) in [7, 11) is 2.25. The van der Waals surface area contributed by atoms with Crippen molar-refractivity contribution < 1.29 is 0 Å². The van der Waals surface area contributed by atoms with Crippen LogP contribution in [-0.4, -0.2) is 36.0 Å². The van der Waals surface area contributed by atoms with Gasteiger partial charge in [0.1, 0.15) is 0 Å². The van der Waals surface area contributed by atoms with Crippen LogP contribution in [0, 0.1) is 0 Å². The highest BCUT2D eigenvalue weighted by molar-refractivity contribution is 7.98. The molecule has 20 heavy (non-hydrogen) atoms. The number of hydrogen-bond donors (Lipinski definition) is 1. The molecule has 3 heteroatoms. The first-order valence-electron chi connectivity index (χ1n) is 7.57. The smallest absolute Gasteiger partial charge is 0.0237 e. The minimum absolute atomic E-state index is 0.528. The van der Waals surface area contributed by atoms with Crippen molar-refractivity contribution >= 4 is 11.8 Å². The third-order valence-electron chi connectivity index (χ3n) is 3.69. The number of rotatable bonds is 9. The van der Waals surface area contributed by atoms with Crippen LogP contribution in [0.1, 0.15) is 38.3 Å². The minimum atomic E-state index is 0.528. The van der Waals surface area contributed by atoms with Gasteiger partial charge >= 0.3 is 0 Å². The Bertz CT molecular complexity index is 379. The monoisotopic (exact) mass is 294 g/mol. The highest BCUT2D eigenvalue weighted by Gasteiger charge is 2.13. The first-order chi connectivity index (χ1) is 9.58. The number of thioether (sulfide) groups is 1. The summed E-state index contributed by atoms with van der Waals surface area (Å²) >= 11 is 1.94. The highest BCUT2D eigenvalue weighted by atomic mass is 32.2. The van der Waals surface area contributed by atoms with Crippen LogP contribution in [-0.2, 0) is 13.1 Å². The Morgan fingerprint density at radius 2 is 1.85 bits per heavy atom. The topological polar surface area (TPSA) is 15.3 Å². The molecule has 1 atom stereocenters. The second-order valence-corrected chi connectivity index (χ2v) is 6.65. The molecule has 0 aliphatic carbocycles. The molecule has 1 aromatic rings. The van der Waals surface area contributed by atoms with Crippen molar-refractivity contribution in [2.24, 2.45) is 0 Å². The van der Waals surface area contributed by atoms with Crippen LogP contribution in [0.25, 0.3) is 0 Å². The maximum absolute atomic E-state index is 3.52. The molecule has 0 bridgehead atoms. The molecule has 0 spiro atoms. The van der Waals surface area contributed by atoms with Crippen LogP contribution in [0.15, 0.2) is 24.3 Å². The summed E-state index contributed by atoms with van der Waals surface area (Å²) in [5.74, 6) is 1.21. The fraction of sp³-hybridized carbons (Fsp3) is 0.647. The van der Waals surface area contributed by atoms with E-state index in [2.05, 4.69) is 68.6 Å². The molecule has 1 N–H and O–H groups in total. The Morgan fingerprint density at radius 3 is 2.40 bits per heavy atom. The van der Waals surface area contributed by atoms with Crippen molar-refractivity contribution in [2.45, 2.75) is 52.4 Å². The van der Waals surface area contributed by atoms with Gasteiger partial charge in [0.05, 0.1) is 0 Å². The molecule has 1 rings (SSSR count). The van der Waals surface area contributed by atoms with Crippen LogP contribution in [0.2, 0.25) is 0 Å². The fourth-order valence-electron chi connectivity index (χ4n) is 2.35. The zero-order valence-electron chi connectivity index (χ0n) is 13.6. The lowest BCUT2D eigenvalue weighted by Gasteiger charge is -2.27. The van der Waals surface area contributed by atoms with E-state index in [4.69, 9.17) is 0 Å². The van der Waals surface area contributed by atoms with E-state index < -0.39 is 0 Å². The van der Waals surface area contributed by atoms with E-state index in [1.54, 1.807) is 0 Å². The molecule has 0 radical (unpaired) electrons. The summed E-state index contributed by atoms with van der Waals surface area (Å²) in [5.41, 5.74) is 2.87. The third kappa shape index (κ3) is 5.86. The van der Waals surface area contributed by atoms with E-state index in [1.165, 1.54) is 23.3 Å². The van der Waals surface area contributed by atoms with Gasteiger partial charge in [-0.1, -0.05) is 45.0 Å². The number of nitrogens with zero attached hydrogens (tertiary/aromatic N) is 1. The average molecular weight is 295 g/mol. The largest absolute Gasteiger partial charge is 0.310 e. The van der Waals surface area contributed by atoms with Crippen molar-refractivity contribution in [1.29, 1.82) is 0 Å². The quantitative estimate of drug-likeness (QED) is 0.746. The summed E-state index contributed by atoms with van der Waals surface area (Å²) < 4.78 is 0.